The minimum atomic E-state index is 0.114. The summed E-state index contributed by atoms with van der Waals surface area (Å²) in [7, 11) is 0. The van der Waals surface area contributed by atoms with E-state index in [1.165, 1.54) is 5.56 Å². The lowest BCUT2D eigenvalue weighted by Gasteiger charge is -2.32. The largest absolute Gasteiger partial charge is 0.354 e. The molecule has 2 aromatic carbocycles. The maximum absolute atomic E-state index is 12.9. The van der Waals surface area contributed by atoms with E-state index in [-0.39, 0.29) is 17.9 Å². The molecule has 0 radical (unpaired) electrons. The molecule has 1 unspecified atom stereocenters. The lowest BCUT2D eigenvalue weighted by Crippen LogP contribution is -2.44. The number of benzene rings is 2. The van der Waals surface area contributed by atoms with E-state index < -0.39 is 0 Å². The van der Waals surface area contributed by atoms with Crippen LogP contribution in [0.4, 0.5) is 0 Å². The summed E-state index contributed by atoms with van der Waals surface area (Å²) < 4.78 is 2.13. The van der Waals surface area contributed by atoms with Crippen LogP contribution in [0.1, 0.15) is 36.3 Å². The van der Waals surface area contributed by atoms with E-state index in [9.17, 15) is 4.79 Å². The Morgan fingerprint density at radius 3 is 2.32 bits per heavy atom. The van der Waals surface area contributed by atoms with Crippen molar-refractivity contribution < 1.29 is 4.79 Å². The molecule has 0 spiro atoms. The van der Waals surface area contributed by atoms with E-state index in [1.807, 2.05) is 48.8 Å². The Morgan fingerprint density at radius 2 is 1.65 bits per heavy atom. The molecule has 3 aromatic rings. The van der Waals surface area contributed by atoms with Gasteiger partial charge in [-0.1, -0.05) is 54.1 Å². The second kappa shape index (κ2) is 10.7. The first-order valence-electron chi connectivity index (χ1n) is 11.1. The number of carbonyl (C=O) groups excluding carboxylic acids is 1. The monoisotopic (exact) mass is 435 g/mol. The maximum Gasteiger partial charge on any atom is 0.220 e. The minimum Gasteiger partial charge on any atom is -0.354 e. The van der Waals surface area contributed by atoms with Crippen molar-refractivity contribution in [1.29, 1.82) is 0 Å². The zero-order chi connectivity index (χ0) is 21.5. The number of halogens is 1. The Morgan fingerprint density at radius 1 is 0.968 bits per heavy atom. The average molecular weight is 436 g/mol. The molecule has 4 rings (SSSR count). The molecule has 162 valence electrons. The Balaban J connectivity index is 1.30. The smallest absolute Gasteiger partial charge is 0.220 e. The lowest BCUT2D eigenvalue weighted by molar-refractivity contribution is -0.122. The fourth-order valence-corrected chi connectivity index (χ4v) is 4.48. The molecule has 1 saturated heterocycles. The summed E-state index contributed by atoms with van der Waals surface area (Å²) in [4.78, 5) is 15.4. The number of carbonyl (C=O) groups is 1. The van der Waals surface area contributed by atoms with Gasteiger partial charge in [0.05, 0.1) is 0 Å². The molecule has 4 nitrogen and oxygen atoms in total. The van der Waals surface area contributed by atoms with Gasteiger partial charge in [-0.3, -0.25) is 9.69 Å². The van der Waals surface area contributed by atoms with Crippen molar-refractivity contribution in [3.8, 4) is 0 Å². The van der Waals surface area contributed by atoms with Crippen LogP contribution in [0.2, 0.25) is 5.02 Å². The lowest BCUT2D eigenvalue weighted by atomic mass is 9.94. The maximum atomic E-state index is 12.9. The number of nitrogens with zero attached hydrogens (tertiary/aromatic N) is 2. The third-order valence-electron chi connectivity index (χ3n) is 6.07. The molecule has 1 fully saturated rings. The zero-order valence-corrected chi connectivity index (χ0v) is 18.5. The van der Waals surface area contributed by atoms with Crippen LogP contribution in [-0.4, -0.2) is 34.5 Å². The summed E-state index contributed by atoms with van der Waals surface area (Å²) in [6.45, 7) is 3.79. The van der Waals surface area contributed by atoms with Crippen LogP contribution in [0.25, 0.3) is 0 Å². The van der Waals surface area contributed by atoms with E-state index >= 15 is 0 Å². The van der Waals surface area contributed by atoms with Crippen LogP contribution in [0.3, 0.4) is 0 Å². The highest BCUT2D eigenvalue weighted by atomic mass is 35.5. The molecule has 1 N–H and O–H groups in total. The molecule has 0 bridgehead atoms. The first kappa shape index (κ1) is 21.7. The summed E-state index contributed by atoms with van der Waals surface area (Å²) in [5.74, 6) is 0.247. The van der Waals surface area contributed by atoms with Gasteiger partial charge in [0.1, 0.15) is 0 Å². The summed E-state index contributed by atoms with van der Waals surface area (Å²) in [5, 5.41) is 4.01. The van der Waals surface area contributed by atoms with Crippen molar-refractivity contribution in [2.45, 2.75) is 44.3 Å². The molecule has 1 aliphatic rings. The van der Waals surface area contributed by atoms with Crippen LogP contribution in [0.5, 0.6) is 0 Å². The number of hydrogen-bond acceptors (Lipinski definition) is 2. The van der Waals surface area contributed by atoms with Gasteiger partial charge in [-0.15, -0.1) is 0 Å². The highest BCUT2D eigenvalue weighted by Crippen LogP contribution is 2.24. The molecule has 1 aliphatic heterocycles. The number of amides is 1. The third-order valence-corrected chi connectivity index (χ3v) is 6.32. The Kier molecular flexibility index (Phi) is 7.44. The summed E-state index contributed by atoms with van der Waals surface area (Å²) in [6.07, 6.45) is 6.57. The zero-order valence-electron chi connectivity index (χ0n) is 17.8. The SMILES string of the molecule is O=C(CC(Cn1cccc1)c1ccc(Cl)cc1)NC1CCN(Cc2ccccc2)CC1. The van der Waals surface area contributed by atoms with Crippen molar-refractivity contribution in [2.24, 2.45) is 0 Å². The van der Waals surface area contributed by atoms with Gasteiger partial charge in [0, 0.05) is 62.0 Å². The average Bonchev–Trinajstić information content (AvgIpc) is 3.29. The summed E-state index contributed by atoms with van der Waals surface area (Å²) in [6, 6.07) is 22.8. The minimum absolute atomic E-state index is 0.114. The number of likely N-dealkylation sites (tertiary alicyclic amines) is 1. The first-order chi connectivity index (χ1) is 15.2. The first-order valence-corrected chi connectivity index (χ1v) is 11.5. The molecule has 1 aromatic heterocycles. The van der Waals surface area contributed by atoms with Crippen molar-refractivity contribution in [3.05, 3.63) is 95.3 Å². The van der Waals surface area contributed by atoms with Gasteiger partial charge >= 0.3 is 0 Å². The normalized spacial score (nSPS) is 16.2. The standard InChI is InChI=1S/C26H30ClN3O/c27-24-10-8-22(9-11-24)23(20-29-14-4-5-15-29)18-26(31)28-25-12-16-30(17-13-25)19-21-6-2-1-3-7-21/h1-11,14-15,23,25H,12-13,16-20H2,(H,28,31). The van der Waals surface area contributed by atoms with E-state index in [2.05, 4.69) is 45.1 Å². The van der Waals surface area contributed by atoms with E-state index in [0.717, 1.165) is 49.6 Å². The van der Waals surface area contributed by atoms with E-state index in [0.29, 0.717) is 6.42 Å². The number of nitrogens with one attached hydrogen (secondary N) is 1. The van der Waals surface area contributed by atoms with Crippen LogP contribution in [0.15, 0.2) is 79.1 Å². The second-order valence-corrected chi connectivity index (χ2v) is 8.87. The van der Waals surface area contributed by atoms with Gasteiger partial charge in [0.15, 0.2) is 0 Å². The Bertz CT molecular complexity index is 933. The van der Waals surface area contributed by atoms with E-state index in [1.54, 1.807) is 0 Å². The van der Waals surface area contributed by atoms with Crippen molar-refractivity contribution in [3.63, 3.8) is 0 Å². The van der Waals surface area contributed by atoms with Gasteiger partial charge in [-0.2, -0.15) is 0 Å². The number of aromatic nitrogens is 1. The van der Waals surface area contributed by atoms with Crippen LogP contribution < -0.4 is 5.32 Å². The molecule has 0 aliphatic carbocycles. The fourth-order valence-electron chi connectivity index (χ4n) is 4.36. The number of piperidine rings is 1. The van der Waals surface area contributed by atoms with Crippen LogP contribution in [0, 0.1) is 0 Å². The van der Waals surface area contributed by atoms with Gasteiger partial charge in [0.2, 0.25) is 5.91 Å². The van der Waals surface area contributed by atoms with Gasteiger partial charge in [-0.25, -0.2) is 0 Å². The number of hydrogen-bond donors (Lipinski definition) is 1. The summed E-state index contributed by atoms with van der Waals surface area (Å²) in [5.41, 5.74) is 2.49. The third kappa shape index (κ3) is 6.46. The van der Waals surface area contributed by atoms with Crippen molar-refractivity contribution in [2.75, 3.05) is 13.1 Å². The van der Waals surface area contributed by atoms with Gasteiger partial charge in [0.25, 0.3) is 0 Å². The molecule has 1 amide bonds. The molecule has 2 heterocycles. The van der Waals surface area contributed by atoms with Crippen LogP contribution in [-0.2, 0) is 17.9 Å². The quantitative estimate of drug-likeness (QED) is 0.534. The molecule has 1 atom stereocenters. The molecule has 0 saturated carbocycles. The van der Waals surface area contributed by atoms with Gasteiger partial charge in [-0.05, 0) is 48.2 Å². The Labute approximate surface area is 189 Å². The van der Waals surface area contributed by atoms with Crippen LogP contribution >= 0.6 is 11.6 Å². The Hall–Kier alpha value is -2.56. The highest BCUT2D eigenvalue weighted by molar-refractivity contribution is 6.30. The topological polar surface area (TPSA) is 37.3 Å². The molecule has 5 heteroatoms. The molecular weight excluding hydrogens is 406 g/mol. The van der Waals surface area contributed by atoms with Crippen molar-refractivity contribution in [1.82, 2.24) is 14.8 Å². The predicted molar refractivity (Wildman–Crippen MR) is 126 cm³/mol. The second-order valence-electron chi connectivity index (χ2n) is 8.44. The molecule has 31 heavy (non-hydrogen) atoms. The summed E-state index contributed by atoms with van der Waals surface area (Å²) >= 11 is 6.07. The molecular formula is C26H30ClN3O. The highest BCUT2D eigenvalue weighted by Gasteiger charge is 2.23. The van der Waals surface area contributed by atoms with E-state index in [4.69, 9.17) is 11.6 Å². The van der Waals surface area contributed by atoms with Gasteiger partial charge < -0.3 is 9.88 Å². The number of rotatable bonds is 8. The van der Waals surface area contributed by atoms with Crippen molar-refractivity contribution >= 4 is 17.5 Å². The predicted octanol–water partition coefficient (Wildman–Crippen LogP) is 5.10. The fraction of sp³-hybridized carbons (Fsp3) is 0.346.